The van der Waals surface area contributed by atoms with Gasteiger partial charge < -0.3 is 112 Å². The third-order valence-corrected chi connectivity index (χ3v) is 13.7. The molecule has 0 radical (unpaired) electrons. The fourth-order valence-corrected chi connectivity index (χ4v) is 8.89. The van der Waals surface area contributed by atoms with E-state index in [4.69, 9.17) is 82.7 Å². The zero-order valence-electron chi connectivity index (χ0n) is 79.9. The topological polar surface area (TPSA) is 377 Å². The quantitative estimate of drug-likeness (QED) is 0.0117. The molecule has 0 spiro atoms. The fourth-order valence-electron chi connectivity index (χ4n) is 6.65. The van der Waals surface area contributed by atoms with Gasteiger partial charge in [-0.3, -0.25) is 24.6 Å². The minimum absolute atomic E-state index is 0. The molecule has 3 unspecified atom stereocenters. The Morgan fingerprint density at radius 3 is 1.00 bits per heavy atom. The second-order valence-electron chi connectivity index (χ2n) is 19.0. The third kappa shape index (κ3) is 105. The van der Waals surface area contributed by atoms with Gasteiger partial charge in [0.15, 0.2) is 19.2 Å². The van der Waals surface area contributed by atoms with Gasteiger partial charge in [-0.15, -0.1) is 0 Å². The molecule has 0 heterocycles. The number of hydrogen-bond acceptors (Lipinski definition) is 26. The Kier molecular flexibility index (Phi) is 105. The number of carbonyl (C=O) groups excluding carboxylic acids is 2. The van der Waals surface area contributed by atoms with Gasteiger partial charge in [0.1, 0.15) is 0 Å². The lowest BCUT2D eigenvalue weighted by atomic mass is 9.92. The van der Waals surface area contributed by atoms with E-state index in [2.05, 4.69) is 66.5 Å². The summed E-state index contributed by atoms with van der Waals surface area (Å²) in [5.74, 6) is 0.0757. The third-order valence-electron chi connectivity index (χ3n) is 10.9. The molecule has 0 aromatic carbocycles. The summed E-state index contributed by atoms with van der Waals surface area (Å²) in [4.78, 5) is 35.6. The molecule has 0 aliphatic rings. The Morgan fingerprint density at radius 1 is 0.420 bits per heavy atom. The summed E-state index contributed by atoms with van der Waals surface area (Å²) in [6.45, 7) is 24.7. The van der Waals surface area contributed by atoms with E-state index in [0.29, 0.717) is 245 Å². The van der Waals surface area contributed by atoms with Crippen molar-refractivity contribution in [3.05, 3.63) is 0 Å². The molecule has 100 heavy (non-hydrogen) atoms. The number of aliphatic imine (C=N–C) groups is 3. The van der Waals surface area contributed by atoms with Gasteiger partial charge in [-0.2, -0.15) is 0 Å². The van der Waals surface area contributed by atoms with Crippen LogP contribution in [0.3, 0.4) is 0 Å². The number of aliphatic hydroxyl groups excluding tert-OH is 8. The fraction of sp³-hybridized carbons (Fsp3) is 0.928. The molecule has 3 atom stereocenters. The molecule has 0 aliphatic heterocycles. The van der Waals surface area contributed by atoms with Gasteiger partial charge in [0.2, 0.25) is 48.4 Å². The Bertz CT molecular complexity index is 1710. The van der Waals surface area contributed by atoms with Crippen molar-refractivity contribution in [2.45, 2.75) is 199 Å². The lowest BCUT2D eigenvalue weighted by Crippen LogP contribution is -2.42. The molecule has 0 bridgehead atoms. The number of unbranched alkanes of at least 4 members (excludes halogenated alkanes) is 2. The van der Waals surface area contributed by atoms with Crippen LogP contribution in [0.15, 0.2) is 15.0 Å². The molecule has 28 nitrogen and oxygen atoms in total. The summed E-state index contributed by atoms with van der Waals surface area (Å²) >= 11 is 0. The normalized spacial score (nSPS) is 13.3. The first-order chi connectivity index (χ1) is 55.6. The zero-order chi connectivity index (χ0) is 89.5. The molecule has 2 amide bonds. The molecule has 31 heteroatoms. The van der Waals surface area contributed by atoms with E-state index in [-0.39, 0.29) is 25.3 Å². The largest absolute Gasteiger partial charge is 0.437 e. The van der Waals surface area contributed by atoms with Crippen LogP contribution in [0.2, 0.25) is 0 Å². The van der Waals surface area contributed by atoms with Gasteiger partial charge in [0, 0.05) is 180 Å². The van der Waals surface area contributed by atoms with Gasteiger partial charge in [-0.25, -0.2) is 0 Å². The Morgan fingerprint density at radius 2 is 0.700 bits per heavy atom. The minimum atomic E-state index is -1.13. The SMILES string of the molecule is C.[2H]CCCCC(=O)NCCCC(CCCNC(=O)CCCC[2H])OP(C)OC=NCC.[2H]CCCOCC(COCCC[2H])(COCCC[2H])COCCCOP(C)OC=NCC.[2H]CCCOCC(COCCC[2H])(COCCC[2H])COP(C)OC=NCC.[3H]OC.[3H]OC.[3H]OC.[3H]OC.[3H]OC.[3H]OC.[3H]OC.[3H]OC. The van der Waals surface area contributed by atoms with Crippen molar-refractivity contribution >= 4 is 56.1 Å². The lowest BCUT2D eigenvalue weighted by molar-refractivity contribution is -0.122. The second-order valence-corrected chi connectivity index (χ2v) is 23.0. The van der Waals surface area contributed by atoms with Crippen LogP contribution in [0.25, 0.3) is 0 Å². The van der Waals surface area contributed by atoms with Crippen LogP contribution in [0, 0.1) is 10.8 Å². The van der Waals surface area contributed by atoms with Crippen molar-refractivity contribution in [1.82, 2.24) is 10.6 Å². The maximum atomic E-state index is 11.8. The number of aliphatic hydroxyl groups is 8. The summed E-state index contributed by atoms with van der Waals surface area (Å²) in [6, 6.07) is 0. The standard InChI is InChI=1S/C21H42N3O4P.C21H44NO6P.C18H38NO5P.8CH4O.CH4/c1-5-8-14-20(25)23-16-10-12-19(28-29(4)27-18-22-7-3)13-11-17-24-21(26)15-9-6-2;1-6-11-23-16-21(17-24-12-7-2,18-25-13-8-3)19-26-14-10-15-27-29(5)28-20-22-9-4;1-6-10-20-13-18(14-21-11-7-2,15-22-12-8-3)16-23-25(5)24-17-19-9-4;8*1-2;/h18-19H,5-17H2,1-4H3,(H,23,25)(H,24,26);20H,6-19H2,1-5H3;17H,6-16H2,1-5H3;8*2H,1H3;1H4/i1D,2D;2*1D,2D,3D;8*2T;. The molecule has 0 aromatic heterocycles. The number of nitrogens with zero attached hydrogens (tertiary/aromatic N) is 3. The number of ether oxygens (including phenoxy) is 7. The van der Waals surface area contributed by atoms with E-state index < -0.39 is 36.0 Å². The predicted octanol–water partition coefficient (Wildman–Crippen LogP) is 11.0. The van der Waals surface area contributed by atoms with E-state index in [1.54, 1.807) is 0 Å². The van der Waals surface area contributed by atoms with E-state index in [0.717, 1.165) is 57.8 Å². The highest BCUT2D eigenvalue weighted by atomic mass is 31.2. The van der Waals surface area contributed by atoms with Gasteiger partial charge in [0.05, 0.1) is 76.4 Å². The Labute approximate surface area is 638 Å². The molecule has 10 N–H and O–H groups in total. The van der Waals surface area contributed by atoms with E-state index in [1.165, 1.54) is 76.1 Å². The maximum Gasteiger partial charge on any atom is 0.228 e. The average Bonchev–Trinajstić information content (AvgIpc) is 0.873. The van der Waals surface area contributed by atoms with Crippen LogP contribution < -0.4 is 10.6 Å². The van der Waals surface area contributed by atoms with Crippen molar-refractivity contribution in [1.29, 1.82) is 11.4 Å². The molecule has 614 valence electrons. The molecule has 0 saturated heterocycles. The maximum absolute atomic E-state index is 11.8. The van der Waals surface area contributed by atoms with Gasteiger partial charge in [0.25, 0.3) is 0 Å². The summed E-state index contributed by atoms with van der Waals surface area (Å²) in [7, 11) is 7.15. The summed E-state index contributed by atoms with van der Waals surface area (Å²) in [6.07, 6.45) is 16.3. The highest BCUT2D eigenvalue weighted by Crippen LogP contribution is 2.37. The first-order valence-corrected chi connectivity index (χ1v) is 38.0. The Balaban J connectivity index is -0.000000122. The van der Waals surface area contributed by atoms with Crippen molar-refractivity contribution in [3.8, 4) is 0 Å². The van der Waals surface area contributed by atoms with Crippen LogP contribution >= 0.6 is 25.1 Å². The minimum Gasteiger partial charge on any atom is -0.437 e. The first kappa shape index (κ1) is 88.5. The summed E-state index contributed by atoms with van der Waals surface area (Å²) in [5, 5.41) is 33.9. The highest BCUT2D eigenvalue weighted by Gasteiger charge is 2.34. The molecular formula is C69H160N5O23P3. The monoisotopic (exact) mass is 1540 g/mol. The number of carbonyl (C=O) groups is 2. The highest BCUT2D eigenvalue weighted by molar-refractivity contribution is 7.47. The molecule has 0 fully saturated rings. The molecule has 0 rings (SSSR count). The number of amides is 2. The predicted molar refractivity (Wildman–Crippen MR) is 418 cm³/mol. The van der Waals surface area contributed by atoms with Crippen molar-refractivity contribution in [2.75, 3.05) is 215 Å². The molecular weight excluding hydrogens is 1360 g/mol. The van der Waals surface area contributed by atoms with Crippen molar-refractivity contribution in [3.63, 3.8) is 0 Å². The number of nitrogens with one attached hydrogen (secondary N) is 2. The first-order valence-electron chi connectivity index (χ1n) is 42.0. The van der Waals surface area contributed by atoms with Gasteiger partial charge >= 0.3 is 0 Å². The van der Waals surface area contributed by atoms with Gasteiger partial charge in [-0.1, -0.05) is 75.5 Å². The van der Waals surface area contributed by atoms with Crippen LogP contribution in [-0.4, -0.2) is 305 Å². The summed E-state index contributed by atoms with van der Waals surface area (Å²) < 4.78 is 178. The van der Waals surface area contributed by atoms with Gasteiger partial charge in [-0.05, 0) is 104 Å². The van der Waals surface area contributed by atoms with Crippen LogP contribution in [-0.2, 0) is 69.9 Å². The van der Waals surface area contributed by atoms with E-state index in [9.17, 15) is 9.59 Å². The molecule has 0 aliphatic carbocycles. The lowest BCUT2D eigenvalue weighted by Gasteiger charge is -2.33. The van der Waals surface area contributed by atoms with E-state index in [1.807, 2.05) is 40.8 Å². The van der Waals surface area contributed by atoms with Crippen LogP contribution in [0.4, 0.5) is 0 Å². The molecule has 0 aromatic rings. The van der Waals surface area contributed by atoms with E-state index >= 15 is 0 Å². The van der Waals surface area contributed by atoms with Crippen LogP contribution in [0.5, 0.6) is 0 Å². The zero-order valence-corrected chi connectivity index (χ0v) is 66.6. The van der Waals surface area contributed by atoms with Crippen molar-refractivity contribution in [2.24, 2.45) is 25.8 Å². The number of hydrogen-bond donors (Lipinski definition) is 10. The molecule has 0 saturated carbocycles. The Hall–Kier alpha value is -2.08. The van der Waals surface area contributed by atoms with Crippen LogP contribution in [0.1, 0.15) is 204 Å². The smallest absolute Gasteiger partial charge is 0.228 e. The average molecular weight is 1550 g/mol. The van der Waals surface area contributed by atoms with Crippen molar-refractivity contribution < 1.29 is 122 Å². The summed E-state index contributed by atoms with van der Waals surface area (Å²) in [5.41, 5.74) is -0.974. The second kappa shape index (κ2) is 118. The number of rotatable bonds is 59.